The summed E-state index contributed by atoms with van der Waals surface area (Å²) in [6.45, 7) is 2.00. The highest BCUT2D eigenvalue weighted by Crippen LogP contribution is 2.30. The summed E-state index contributed by atoms with van der Waals surface area (Å²) in [6.07, 6.45) is 4.75. The SMILES string of the molecule is O=C(c1coc(C2CCOCC2)n1)N1CCCc2cc(F)ccc21. The molecule has 3 heterocycles. The van der Waals surface area contributed by atoms with Crippen LogP contribution < -0.4 is 4.90 Å². The second-order valence-electron chi connectivity index (χ2n) is 6.29. The van der Waals surface area contributed by atoms with Gasteiger partial charge in [-0.2, -0.15) is 0 Å². The van der Waals surface area contributed by atoms with Gasteiger partial charge in [0.15, 0.2) is 11.6 Å². The molecule has 0 radical (unpaired) electrons. The predicted molar refractivity (Wildman–Crippen MR) is 85.7 cm³/mol. The van der Waals surface area contributed by atoms with Gasteiger partial charge in [0.2, 0.25) is 0 Å². The van der Waals surface area contributed by atoms with E-state index >= 15 is 0 Å². The van der Waals surface area contributed by atoms with Gasteiger partial charge in [0, 0.05) is 31.4 Å². The quantitative estimate of drug-likeness (QED) is 0.848. The molecule has 1 amide bonds. The standard InChI is InChI=1S/C18H19FN2O3/c19-14-3-4-16-13(10-14)2-1-7-21(16)18(22)15-11-24-17(20-15)12-5-8-23-9-6-12/h3-4,10-12H,1-2,5-9H2. The Bertz CT molecular complexity index is 752. The minimum Gasteiger partial charge on any atom is -0.448 e. The number of benzene rings is 1. The van der Waals surface area contributed by atoms with Crippen molar-refractivity contribution in [1.82, 2.24) is 4.98 Å². The van der Waals surface area contributed by atoms with Crippen LogP contribution in [0.15, 0.2) is 28.9 Å². The molecule has 2 aliphatic rings. The van der Waals surface area contributed by atoms with Crippen LogP contribution >= 0.6 is 0 Å². The lowest BCUT2D eigenvalue weighted by molar-refractivity contribution is 0.0794. The summed E-state index contributed by atoms with van der Waals surface area (Å²) in [6, 6.07) is 4.56. The zero-order chi connectivity index (χ0) is 16.5. The van der Waals surface area contributed by atoms with Gasteiger partial charge < -0.3 is 14.1 Å². The number of aromatic nitrogens is 1. The number of hydrogen-bond acceptors (Lipinski definition) is 4. The first-order chi connectivity index (χ1) is 11.7. The fraction of sp³-hybridized carbons (Fsp3) is 0.444. The molecule has 5 nitrogen and oxygen atoms in total. The summed E-state index contributed by atoms with van der Waals surface area (Å²) in [4.78, 5) is 18.9. The van der Waals surface area contributed by atoms with Crippen LogP contribution in [0.1, 0.15) is 47.1 Å². The molecule has 4 rings (SSSR count). The molecule has 2 aromatic rings. The average Bonchev–Trinajstić information content (AvgIpc) is 3.11. The Balaban J connectivity index is 1.57. The summed E-state index contributed by atoms with van der Waals surface area (Å²) < 4.78 is 24.3. The maximum absolute atomic E-state index is 13.4. The smallest absolute Gasteiger partial charge is 0.280 e. The van der Waals surface area contributed by atoms with E-state index in [1.165, 1.54) is 18.4 Å². The lowest BCUT2D eigenvalue weighted by Crippen LogP contribution is -2.35. The molecular weight excluding hydrogens is 311 g/mol. The molecule has 126 valence electrons. The molecule has 0 aliphatic carbocycles. The van der Waals surface area contributed by atoms with Gasteiger partial charge in [0.1, 0.15) is 12.1 Å². The molecule has 1 aromatic carbocycles. The molecule has 1 saturated heterocycles. The van der Waals surface area contributed by atoms with Crippen molar-refractivity contribution in [1.29, 1.82) is 0 Å². The molecule has 1 fully saturated rings. The molecule has 0 atom stereocenters. The van der Waals surface area contributed by atoms with Crippen molar-refractivity contribution >= 4 is 11.6 Å². The lowest BCUT2D eigenvalue weighted by atomic mass is 10.0. The summed E-state index contributed by atoms with van der Waals surface area (Å²) in [5.41, 5.74) is 1.94. The lowest BCUT2D eigenvalue weighted by Gasteiger charge is -2.28. The molecule has 0 saturated carbocycles. The highest BCUT2D eigenvalue weighted by atomic mass is 19.1. The molecular formula is C18H19FN2O3. The van der Waals surface area contributed by atoms with E-state index in [2.05, 4.69) is 4.98 Å². The number of oxazole rings is 1. The molecule has 0 spiro atoms. The van der Waals surface area contributed by atoms with Crippen molar-refractivity contribution in [2.45, 2.75) is 31.6 Å². The number of carbonyl (C=O) groups excluding carboxylic acids is 1. The van der Waals surface area contributed by atoms with E-state index in [-0.39, 0.29) is 17.6 Å². The van der Waals surface area contributed by atoms with Crippen molar-refractivity contribution < 1.29 is 18.3 Å². The molecule has 24 heavy (non-hydrogen) atoms. The number of hydrogen-bond donors (Lipinski definition) is 0. The topological polar surface area (TPSA) is 55.6 Å². The van der Waals surface area contributed by atoms with Crippen molar-refractivity contribution in [2.24, 2.45) is 0 Å². The Morgan fingerprint density at radius 2 is 2.12 bits per heavy atom. The third-order valence-corrected chi connectivity index (χ3v) is 4.72. The first-order valence-corrected chi connectivity index (χ1v) is 8.36. The van der Waals surface area contributed by atoms with E-state index in [0.29, 0.717) is 31.3 Å². The third kappa shape index (κ3) is 2.82. The van der Waals surface area contributed by atoms with Gasteiger partial charge >= 0.3 is 0 Å². The normalized spacial score (nSPS) is 18.5. The Morgan fingerprint density at radius 1 is 1.29 bits per heavy atom. The zero-order valence-corrected chi connectivity index (χ0v) is 13.3. The largest absolute Gasteiger partial charge is 0.448 e. The fourth-order valence-corrected chi connectivity index (χ4v) is 3.43. The molecule has 0 unspecified atom stereocenters. The van der Waals surface area contributed by atoms with E-state index in [4.69, 9.17) is 9.15 Å². The van der Waals surface area contributed by atoms with Crippen LogP contribution in [0.2, 0.25) is 0 Å². The number of ether oxygens (including phenoxy) is 1. The first-order valence-electron chi connectivity index (χ1n) is 8.36. The number of anilines is 1. The maximum Gasteiger partial charge on any atom is 0.280 e. The molecule has 0 N–H and O–H groups in total. The minimum absolute atomic E-state index is 0.190. The fourth-order valence-electron chi connectivity index (χ4n) is 3.43. The summed E-state index contributed by atoms with van der Waals surface area (Å²) >= 11 is 0. The average molecular weight is 330 g/mol. The summed E-state index contributed by atoms with van der Waals surface area (Å²) in [7, 11) is 0. The van der Waals surface area contributed by atoms with Gasteiger partial charge in [-0.05, 0) is 49.4 Å². The van der Waals surface area contributed by atoms with Crippen LogP contribution in [0.5, 0.6) is 0 Å². The molecule has 2 aliphatic heterocycles. The van der Waals surface area contributed by atoms with Gasteiger partial charge in [-0.15, -0.1) is 0 Å². The summed E-state index contributed by atoms with van der Waals surface area (Å²) in [5, 5.41) is 0. The van der Waals surface area contributed by atoms with Gasteiger partial charge in [-0.1, -0.05) is 0 Å². The van der Waals surface area contributed by atoms with Crippen molar-refractivity contribution in [3.8, 4) is 0 Å². The molecule has 0 bridgehead atoms. The minimum atomic E-state index is -0.272. The first kappa shape index (κ1) is 15.3. The summed E-state index contributed by atoms with van der Waals surface area (Å²) in [5.74, 6) is 0.358. The molecule has 1 aromatic heterocycles. The van der Waals surface area contributed by atoms with Crippen molar-refractivity contribution in [2.75, 3.05) is 24.7 Å². The van der Waals surface area contributed by atoms with E-state index < -0.39 is 0 Å². The second-order valence-corrected chi connectivity index (χ2v) is 6.29. The Kier molecular flexibility index (Phi) is 4.06. The van der Waals surface area contributed by atoms with Gasteiger partial charge in [0.05, 0.1) is 0 Å². The van der Waals surface area contributed by atoms with Crippen molar-refractivity contribution in [3.63, 3.8) is 0 Å². The van der Waals surface area contributed by atoms with E-state index in [1.807, 2.05) is 0 Å². The predicted octanol–water partition coefficient (Wildman–Crippen LogP) is 3.30. The van der Waals surface area contributed by atoms with Crippen molar-refractivity contribution in [3.05, 3.63) is 47.4 Å². The Labute approximate surface area is 139 Å². The zero-order valence-electron chi connectivity index (χ0n) is 13.3. The number of fused-ring (bicyclic) bond motifs is 1. The van der Waals surface area contributed by atoms with Crippen LogP contribution in [0.25, 0.3) is 0 Å². The number of aryl methyl sites for hydroxylation is 1. The maximum atomic E-state index is 13.4. The highest BCUT2D eigenvalue weighted by molar-refractivity contribution is 6.05. The van der Waals surface area contributed by atoms with Crippen LogP contribution in [0, 0.1) is 5.82 Å². The van der Waals surface area contributed by atoms with Gasteiger partial charge in [-0.3, -0.25) is 4.79 Å². The van der Waals surface area contributed by atoms with E-state index in [9.17, 15) is 9.18 Å². The van der Waals surface area contributed by atoms with E-state index in [1.54, 1.807) is 11.0 Å². The van der Waals surface area contributed by atoms with Gasteiger partial charge in [-0.25, -0.2) is 9.37 Å². The van der Waals surface area contributed by atoms with Gasteiger partial charge in [0.25, 0.3) is 5.91 Å². The number of amides is 1. The number of carbonyl (C=O) groups is 1. The van der Waals surface area contributed by atoms with Crippen LogP contribution in [-0.2, 0) is 11.2 Å². The third-order valence-electron chi connectivity index (χ3n) is 4.72. The van der Waals surface area contributed by atoms with Crippen LogP contribution in [0.4, 0.5) is 10.1 Å². The Morgan fingerprint density at radius 3 is 2.96 bits per heavy atom. The van der Waals surface area contributed by atoms with Crippen LogP contribution in [-0.4, -0.2) is 30.6 Å². The molecule has 6 heteroatoms. The number of halogens is 1. The number of nitrogens with zero attached hydrogens (tertiary/aromatic N) is 2. The van der Waals surface area contributed by atoms with E-state index in [0.717, 1.165) is 36.9 Å². The Hall–Kier alpha value is -2.21. The monoisotopic (exact) mass is 330 g/mol. The second kappa shape index (κ2) is 6.36. The highest BCUT2D eigenvalue weighted by Gasteiger charge is 2.28. The number of rotatable bonds is 2. The van der Waals surface area contributed by atoms with Crippen LogP contribution in [0.3, 0.4) is 0 Å².